The van der Waals surface area contributed by atoms with E-state index in [1.54, 1.807) is 13.2 Å². The van der Waals surface area contributed by atoms with Gasteiger partial charge in [-0.25, -0.2) is 19.2 Å². The maximum absolute atomic E-state index is 12.0. The maximum atomic E-state index is 12.0. The monoisotopic (exact) mass is 268 g/mol. The third-order valence-corrected chi connectivity index (χ3v) is 3.53. The summed E-state index contributed by atoms with van der Waals surface area (Å²) in [6.07, 6.45) is 4.33. The highest BCUT2D eigenvalue weighted by Gasteiger charge is 2.15. The van der Waals surface area contributed by atoms with E-state index >= 15 is 0 Å². The van der Waals surface area contributed by atoms with Crippen LogP contribution in [-0.4, -0.2) is 23.2 Å². The number of anilines is 2. The smallest absolute Gasteiger partial charge is 0.262 e. The molecule has 0 amide bonds. The van der Waals surface area contributed by atoms with Crippen molar-refractivity contribution in [3.63, 3.8) is 0 Å². The van der Waals surface area contributed by atoms with Gasteiger partial charge in [0.1, 0.15) is 5.82 Å². The van der Waals surface area contributed by atoms with Gasteiger partial charge in [0.15, 0.2) is 0 Å². The van der Waals surface area contributed by atoms with Gasteiger partial charge in [0.2, 0.25) is 0 Å². The minimum Gasteiger partial charge on any atom is -0.308 e. The lowest BCUT2D eigenvalue weighted by Crippen LogP contribution is -2.14. The van der Waals surface area contributed by atoms with E-state index in [2.05, 4.69) is 20.2 Å². The van der Waals surface area contributed by atoms with E-state index in [1.165, 1.54) is 29.2 Å². The first kappa shape index (κ1) is 12.3. The standard InChI is InChI=1S/C9H12N6O2S/c1-15-6-7(5-12-15)14-18(16,17)8-2-3-11-9(4-8)13-10/h2-6,14H,10H2,1H3,(H,11,13). The molecule has 0 spiro atoms. The van der Waals surface area contributed by atoms with Gasteiger partial charge in [0, 0.05) is 25.5 Å². The van der Waals surface area contributed by atoms with Crippen molar-refractivity contribution in [1.29, 1.82) is 0 Å². The summed E-state index contributed by atoms with van der Waals surface area (Å²) >= 11 is 0. The largest absolute Gasteiger partial charge is 0.308 e. The molecule has 0 aliphatic heterocycles. The third kappa shape index (κ3) is 2.57. The molecular weight excluding hydrogens is 256 g/mol. The Morgan fingerprint density at radius 3 is 2.83 bits per heavy atom. The number of sulfonamides is 1. The van der Waals surface area contributed by atoms with Crippen molar-refractivity contribution in [2.24, 2.45) is 12.9 Å². The molecule has 18 heavy (non-hydrogen) atoms. The first-order valence-electron chi connectivity index (χ1n) is 4.95. The quantitative estimate of drug-likeness (QED) is 0.527. The van der Waals surface area contributed by atoms with Crippen molar-refractivity contribution in [1.82, 2.24) is 14.8 Å². The van der Waals surface area contributed by atoms with Crippen molar-refractivity contribution in [2.75, 3.05) is 10.1 Å². The molecular formula is C9H12N6O2S. The lowest BCUT2D eigenvalue weighted by molar-refractivity contribution is 0.601. The number of nitrogens with two attached hydrogens (primary N) is 1. The molecule has 0 aliphatic rings. The van der Waals surface area contributed by atoms with Crippen molar-refractivity contribution >= 4 is 21.5 Å². The molecule has 2 aromatic heterocycles. The fourth-order valence-electron chi connectivity index (χ4n) is 1.35. The number of nitrogens with one attached hydrogen (secondary N) is 2. The molecule has 8 nitrogen and oxygen atoms in total. The Labute approximate surface area is 104 Å². The number of hydrazine groups is 1. The summed E-state index contributed by atoms with van der Waals surface area (Å²) in [6.45, 7) is 0. The fourth-order valence-corrected chi connectivity index (χ4v) is 2.39. The highest BCUT2D eigenvalue weighted by molar-refractivity contribution is 7.92. The number of rotatable bonds is 4. The molecule has 0 bridgehead atoms. The molecule has 0 saturated carbocycles. The van der Waals surface area contributed by atoms with Crippen LogP contribution in [0.4, 0.5) is 11.5 Å². The molecule has 4 N–H and O–H groups in total. The van der Waals surface area contributed by atoms with Crippen LogP contribution < -0.4 is 16.0 Å². The first-order chi connectivity index (χ1) is 8.51. The number of aryl methyl sites for hydroxylation is 1. The van der Waals surface area contributed by atoms with Gasteiger partial charge in [0.05, 0.1) is 16.8 Å². The minimum atomic E-state index is -3.67. The SMILES string of the molecule is Cn1cc(NS(=O)(=O)c2ccnc(NN)c2)cn1. The Morgan fingerprint density at radius 1 is 1.44 bits per heavy atom. The maximum Gasteiger partial charge on any atom is 0.262 e. The number of hydrogen-bond donors (Lipinski definition) is 3. The topological polar surface area (TPSA) is 115 Å². The van der Waals surface area contributed by atoms with Gasteiger partial charge in [-0.05, 0) is 6.07 Å². The van der Waals surface area contributed by atoms with Gasteiger partial charge in [-0.2, -0.15) is 5.10 Å². The number of pyridine rings is 1. The van der Waals surface area contributed by atoms with Crippen LogP contribution in [0.15, 0.2) is 35.6 Å². The van der Waals surface area contributed by atoms with Gasteiger partial charge < -0.3 is 5.43 Å². The summed E-state index contributed by atoms with van der Waals surface area (Å²) in [6, 6.07) is 2.71. The molecule has 0 radical (unpaired) electrons. The highest BCUT2D eigenvalue weighted by Crippen LogP contribution is 2.16. The summed E-state index contributed by atoms with van der Waals surface area (Å²) in [5, 5.41) is 3.87. The summed E-state index contributed by atoms with van der Waals surface area (Å²) in [5.74, 6) is 5.44. The van der Waals surface area contributed by atoms with Crippen LogP contribution in [0, 0.1) is 0 Å². The van der Waals surface area contributed by atoms with Gasteiger partial charge >= 0.3 is 0 Å². The Kier molecular flexibility index (Phi) is 3.17. The van der Waals surface area contributed by atoms with Gasteiger partial charge in [-0.15, -0.1) is 0 Å². The van der Waals surface area contributed by atoms with E-state index in [1.807, 2.05) is 0 Å². The average molecular weight is 268 g/mol. The zero-order valence-electron chi connectivity index (χ0n) is 9.53. The van der Waals surface area contributed by atoms with Crippen LogP contribution in [0.25, 0.3) is 0 Å². The second kappa shape index (κ2) is 4.63. The zero-order chi connectivity index (χ0) is 13.2. The number of aromatic nitrogens is 3. The fraction of sp³-hybridized carbons (Fsp3) is 0.111. The second-order valence-corrected chi connectivity index (χ2v) is 5.21. The predicted octanol–water partition coefficient (Wildman–Crippen LogP) is -0.0985. The molecule has 2 aromatic rings. The number of nitrogen functional groups attached to an aromatic ring is 1. The minimum absolute atomic E-state index is 0.0642. The Hall–Kier alpha value is -2.13. The average Bonchev–Trinajstić information content (AvgIpc) is 2.74. The van der Waals surface area contributed by atoms with Crippen LogP contribution in [0.2, 0.25) is 0 Å². The lowest BCUT2D eigenvalue weighted by Gasteiger charge is -2.06. The molecule has 0 aromatic carbocycles. The van der Waals surface area contributed by atoms with E-state index in [9.17, 15) is 8.42 Å². The van der Waals surface area contributed by atoms with E-state index in [4.69, 9.17) is 5.84 Å². The van der Waals surface area contributed by atoms with E-state index < -0.39 is 10.0 Å². The second-order valence-electron chi connectivity index (χ2n) is 3.53. The highest BCUT2D eigenvalue weighted by atomic mass is 32.2. The molecule has 2 rings (SSSR count). The molecule has 2 heterocycles. The summed E-state index contributed by atoms with van der Waals surface area (Å²) in [7, 11) is -1.98. The molecule has 9 heteroatoms. The molecule has 0 fully saturated rings. The van der Waals surface area contributed by atoms with Crippen molar-refractivity contribution in [2.45, 2.75) is 4.90 Å². The first-order valence-corrected chi connectivity index (χ1v) is 6.44. The summed E-state index contributed by atoms with van der Waals surface area (Å²) < 4.78 is 28.0. The van der Waals surface area contributed by atoms with E-state index in [0.29, 0.717) is 5.69 Å². The molecule has 0 atom stereocenters. The molecule has 0 aliphatic carbocycles. The van der Waals surface area contributed by atoms with Crippen molar-refractivity contribution in [3.8, 4) is 0 Å². The Balaban J connectivity index is 2.30. The predicted molar refractivity (Wildman–Crippen MR) is 66.1 cm³/mol. The molecule has 96 valence electrons. The normalized spacial score (nSPS) is 11.2. The Bertz CT molecular complexity index is 651. The van der Waals surface area contributed by atoms with E-state index in [-0.39, 0.29) is 10.7 Å². The van der Waals surface area contributed by atoms with Crippen LogP contribution in [0.5, 0.6) is 0 Å². The van der Waals surface area contributed by atoms with E-state index in [0.717, 1.165) is 0 Å². The van der Waals surface area contributed by atoms with Crippen LogP contribution in [0.3, 0.4) is 0 Å². The third-order valence-electron chi connectivity index (χ3n) is 2.15. The van der Waals surface area contributed by atoms with Crippen LogP contribution in [-0.2, 0) is 17.1 Å². The van der Waals surface area contributed by atoms with Crippen molar-refractivity contribution < 1.29 is 8.42 Å². The lowest BCUT2D eigenvalue weighted by atomic mass is 10.5. The van der Waals surface area contributed by atoms with Crippen LogP contribution in [0.1, 0.15) is 0 Å². The van der Waals surface area contributed by atoms with Crippen LogP contribution >= 0.6 is 0 Å². The number of nitrogens with zero attached hydrogens (tertiary/aromatic N) is 3. The van der Waals surface area contributed by atoms with Gasteiger partial charge in [-0.3, -0.25) is 9.40 Å². The summed E-state index contributed by atoms with van der Waals surface area (Å²) in [4.78, 5) is 3.90. The Morgan fingerprint density at radius 2 is 2.22 bits per heavy atom. The van der Waals surface area contributed by atoms with Gasteiger partial charge in [0.25, 0.3) is 10.0 Å². The summed E-state index contributed by atoms with van der Waals surface area (Å²) in [5.41, 5.74) is 2.67. The molecule has 0 saturated heterocycles. The number of hydrogen-bond acceptors (Lipinski definition) is 6. The molecule has 0 unspecified atom stereocenters. The van der Waals surface area contributed by atoms with Gasteiger partial charge in [-0.1, -0.05) is 0 Å². The zero-order valence-corrected chi connectivity index (χ0v) is 10.3. The van der Waals surface area contributed by atoms with Crippen molar-refractivity contribution in [3.05, 3.63) is 30.7 Å².